The summed E-state index contributed by atoms with van der Waals surface area (Å²) in [5.74, 6) is -0.995. The van der Waals surface area contributed by atoms with Crippen LogP contribution < -0.4 is 10.1 Å². The van der Waals surface area contributed by atoms with Crippen molar-refractivity contribution in [1.29, 1.82) is 0 Å². The Morgan fingerprint density at radius 3 is 2.75 bits per heavy atom. The summed E-state index contributed by atoms with van der Waals surface area (Å²) in [6, 6.07) is 14.6. The molecule has 0 radical (unpaired) electrons. The highest BCUT2D eigenvalue weighted by Crippen LogP contribution is 2.42. The fraction of sp³-hybridized carbons (Fsp3) is 0.143. The lowest BCUT2D eigenvalue weighted by molar-refractivity contribution is -0.116. The van der Waals surface area contributed by atoms with E-state index in [-0.39, 0.29) is 23.8 Å². The van der Waals surface area contributed by atoms with Crippen LogP contribution in [0.25, 0.3) is 5.69 Å². The summed E-state index contributed by atoms with van der Waals surface area (Å²) in [6.07, 6.45) is 1.72. The molecule has 3 aromatic rings. The van der Waals surface area contributed by atoms with Crippen LogP contribution in [-0.2, 0) is 4.79 Å². The lowest BCUT2D eigenvalue weighted by Crippen LogP contribution is -2.25. The monoisotopic (exact) mass is 396 g/mol. The van der Waals surface area contributed by atoms with Gasteiger partial charge in [0.1, 0.15) is 11.3 Å². The smallest absolute Gasteiger partial charge is 0.339 e. The number of aromatic carboxylic acids is 1. The molecule has 2 aromatic carbocycles. The summed E-state index contributed by atoms with van der Waals surface area (Å²) >= 11 is 6.15. The molecule has 1 aliphatic heterocycles. The van der Waals surface area contributed by atoms with Crippen molar-refractivity contribution >= 4 is 29.2 Å². The van der Waals surface area contributed by atoms with E-state index in [1.165, 1.54) is 6.20 Å². The molecular weight excluding hydrogens is 380 g/mol. The highest BCUT2D eigenvalue weighted by Gasteiger charge is 2.34. The minimum absolute atomic E-state index is 0.0379. The summed E-state index contributed by atoms with van der Waals surface area (Å²) in [7, 11) is 1.58. The van der Waals surface area contributed by atoms with Crippen molar-refractivity contribution in [3.05, 3.63) is 76.6 Å². The first-order chi connectivity index (χ1) is 13.5. The molecule has 2 N–H and O–H groups in total. The van der Waals surface area contributed by atoms with Crippen LogP contribution in [0.15, 0.2) is 54.7 Å². The number of amides is 1. The molecule has 6 nitrogen and oxygen atoms in total. The van der Waals surface area contributed by atoms with Crippen LogP contribution >= 0.6 is 11.6 Å². The van der Waals surface area contributed by atoms with Gasteiger partial charge >= 0.3 is 5.97 Å². The first kappa shape index (κ1) is 18.1. The maximum Gasteiger partial charge on any atom is 0.339 e. The standard InChI is InChI=1S/C21H17ClN2O4/c1-28-15-7-2-4-12(8-15)16-10-18(25)23-19-17(21(26)27)11-24(20(16)19)14-6-3-5-13(22)9-14/h2-9,11,16H,10H2,1H3,(H,23,25)(H,26,27)/t16-/m0/s1. The molecule has 0 bridgehead atoms. The molecule has 1 amide bonds. The number of hydrogen-bond acceptors (Lipinski definition) is 3. The van der Waals surface area contributed by atoms with Crippen LogP contribution in [0, 0.1) is 0 Å². The van der Waals surface area contributed by atoms with Gasteiger partial charge in [-0.05, 0) is 35.9 Å². The quantitative estimate of drug-likeness (QED) is 0.688. The number of aromatic nitrogens is 1. The molecule has 7 heteroatoms. The fourth-order valence-corrected chi connectivity index (χ4v) is 3.79. The minimum atomic E-state index is -1.11. The predicted octanol–water partition coefficient (Wildman–Crippen LogP) is 4.31. The van der Waals surface area contributed by atoms with E-state index in [0.717, 1.165) is 11.3 Å². The van der Waals surface area contributed by atoms with Crippen molar-refractivity contribution in [3.8, 4) is 11.4 Å². The van der Waals surface area contributed by atoms with E-state index < -0.39 is 5.97 Å². The average Bonchev–Trinajstić information content (AvgIpc) is 3.07. The summed E-state index contributed by atoms with van der Waals surface area (Å²) in [4.78, 5) is 24.2. The van der Waals surface area contributed by atoms with E-state index in [9.17, 15) is 14.7 Å². The first-order valence-electron chi connectivity index (χ1n) is 8.66. The van der Waals surface area contributed by atoms with Gasteiger partial charge in [-0.25, -0.2) is 4.79 Å². The van der Waals surface area contributed by atoms with E-state index >= 15 is 0 Å². The lowest BCUT2D eigenvalue weighted by atomic mass is 9.88. The maximum absolute atomic E-state index is 12.4. The number of benzene rings is 2. The molecule has 0 saturated carbocycles. The number of nitrogens with zero attached hydrogens (tertiary/aromatic N) is 1. The number of carbonyl (C=O) groups excluding carboxylic acids is 1. The van der Waals surface area contributed by atoms with Crippen molar-refractivity contribution < 1.29 is 19.4 Å². The number of hydrogen-bond donors (Lipinski definition) is 2. The van der Waals surface area contributed by atoms with E-state index in [0.29, 0.717) is 22.2 Å². The number of nitrogens with one attached hydrogen (secondary N) is 1. The van der Waals surface area contributed by atoms with E-state index in [1.807, 2.05) is 30.3 Å². The third-order valence-corrected chi connectivity index (χ3v) is 5.08. The molecule has 2 heterocycles. The Kier molecular flexibility index (Phi) is 4.57. The average molecular weight is 397 g/mol. The van der Waals surface area contributed by atoms with Crippen LogP contribution in [0.4, 0.5) is 5.69 Å². The van der Waals surface area contributed by atoms with Crippen molar-refractivity contribution in [1.82, 2.24) is 4.57 Å². The van der Waals surface area contributed by atoms with Gasteiger partial charge in [-0.2, -0.15) is 0 Å². The molecule has 28 heavy (non-hydrogen) atoms. The largest absolute Gasteiger partial charge is 0.497 e. The van der Waals surface area contributed by atoms with Gasteiger partial charge in [0.25, 0.3) is 0 Å². The normalized spacial score (nSPS) is 15.6. The van der Waals surface area contributed by atoms with Gasteiger partial charge in [-0.1, -0.05) is 29.8 Å². The number of halogens is 1. The Bertz CT molecular complexity index is 1090. The number of anilines is 1. The Labute approximate surface area is 166 Å². The van der Waals surface area contributed by atoms with Crippen molar-refractivity contribution in [2.45, 2.75) is 12.3 Å². The van der Waals surface area contributed by atoms with Crippen LogP contribution in [0.3, 0.4) is 0 Å². The number of carboxylic acid groups (broad SMARTS) is 1. The highest BCUT2D eigenvalue weighted by atomic mass is 35.5. The fourth-order valence-electron chi connectivity index (χ4n) is 3.60. The summed E-state index contributed by atoms with van der Waals surface area (Å²) in [5, 5.41) is 12.9. The van der Waals surface area contributed by atoms with Gasteiger partial charge in [0, 0.05) is 29.2 Å². The number of ether oxygens (including phenoxy) is 1. The van der Waals surface area contributed by atoms with Gasteiger partial charge in [0.15, 0.2) is 0 Å². The van der Waals surface area contributed by atoms with Gasteiger partial charge in [0.2, 0.25) is 5.91 Å². The van der Waals surface area contributed by atoms with E-state index in [1.54, 1.807) is 29.9 Å². The summed E-state index contributed by atoms with van der Waals surface area (Å²) < 4.78 is 7.10. The molecule has 142 valence electrons. The third-order valence-electron chi connectivity index (χ3n) is 4.84. The van der Waals surface area contributed by atoms with Crippen LogP contribution in [0.2, 0.25) is 5.02 Å². The lowest BCUT2D eigenvalue weighted by Gasteiger charge is -2.26. The van der Waals surface area contributed by atoms with Crippen molar-refractivity contribution in [2.24, 2.45) is 0 Å². The number of methoxy groups -OCH3 is 1. The zero-order valence-corrected chi connectivity index (χ0v) is 15.7. The molecule has 0 unspecified atom stereocenters. The Morgan fingerprint density at radius 2 is 2.04 bits per heavy atom. The summed E-state index contributed by atoms with van der Waals surface area (Å²) in [6.45, 7) is 0. The second-order valence-corrected chi connectivity index (χ2v) is 6.98. The Morgan fingerprint density at radius 1 is 1.25 bits per heavy atom. The van der Waals surface area contributed by atoms with Crippen molar-refractivity contribution in [3.63, 3.8) is 0 Å². The number of carboxylic acids is 1. The predicted molar refractivity (Wildman–Crippen MR) is 106 cm³/mol. The SMILES string of the molecule is COc1cccc([C@@H]2CC(=O)Nc3c(C(=O)O)cn(-c4cccc(Cl)c4)c32)c1. The molecule has 4 rings (SSSR count). The third kappa shape index (κ3) is 3.12. The Balaban J connectivity index is 1.97. The molecule has 0 fully saturated rings. The van der Waals surface area contributed by atoms with Gasteiger partial charge < -0.3 is 19.7 Å². The molecule has 0 saturated heterocycles. The minimum Gasteiger partial charge on any atom is -0.497 e. The van der Waals surface area contributed by atoms with Gasteiger partial charge in [0.05, 0.1) is 18.5 Å². The molecular formula is C21H17ClN2O4. The molecule has 1 aliphatic rings. The topological polar surface area (TPSA) is 80.6 Å². The zero-order chi connectivity index (χ0) is 19.8. The number of rotatable bonds is 4. The summed E-state index contributed by atoms with van der Waals surface area (Å²) in [5.41, 5.74) is 2.65. The van der Waals surface area contributed by atoms with Crippen LogP contribution in [-0.4, -0.2) is 28.7 Å². The van der Waals surface area contributed by atoms with Gasteiger partial charge in [-0.3, -0.25) is 4.79 Å². The van der Waals surface area contributed by atoms with Crippen molar-refractivity contribution in [2.75, 3.05) is 12.4 Å². The van der Waals surface area contributed by atoms with E-state index in [4.69, 9.17) is 16.3 Å². The second kappa shape index (κ2) is 7.05. The Hall–Kier alpha value is -3.25. The first-order valence-corrected chi connectivity index (χ1v) is 9.04. The highest BCUT2D eigenvalue weighted by molar-refractivity contribution is 6.30. The second-order valence-electron chi connectivity index (χ2n) is 6.54. The van der Waals surface area contributed by atoms with Crippen LogP contribution in [0.1, 0.15) is 34.0 Å². The molecule has 1 atom stereocenters. The molecule has 0 spiro atoms. The van der Waals surface area contributed by atoms with Crippen LogP contribution in [0.5, 0.6) is 5.75 Å². The van der Waals surface area contributed by atoms with Gasteiger partial charge in [-0.15, -0.1) is 0 Å². The molecule has 1 aromatic heterocycles. The molecule has 0 aliphatic carbocycles. The number of carbonyl (C=O) groups is 2. The zero-order valence-electron chi connectivity index (χ0n) is 15.0. The maximum atomic E-state index is 12.4. The van der Waals surface area contributed by atoms with E-state index in [2.05, 4.69) is 5.32 Å². The number of fused-ring (bicyclic) bond motifs is 1.